The molecule has 0 unspecified atom stereocenters. The Morgan fingerprint density at radius 2 is 1.69 bits per heavy atom. The summed E-state index contributed by atoms with van der Waals surface area (Å²) in [5.41, 5.74) is 2.67. The van der Waals surface area contributed by atoms with E-state index in [4.69, 9.17) is 11.6 Å². The average Bonchev–Trinajstić information content (AvgIpc) is 3.24. The number of benzene rings is 2. The lowest BCUT2D eigenvalue weighted by atomic mass is 10.0. The zero-order valence-corrected chi connectivity index (χ0v) is 17.6. The fourth-order valence-electron chi connectivity index (χ4n) is 3.52. The molecule has 1 fully saturated rings. The maximum Gasteiger partial charge on any atom is 0.313 e. The third-order valence-electron chi connectivity index (χ3n) is 5.16. The van der Waals surface area contributed by atoms with Crippen molar-refractivity contribution in [1.82, 2.24) is 10.2 Å². The molecule has 6 nitrogen and oxygen atoms in total. The Kier molecular flexibility index (Phi) is 7.12. The minimum absolute atomic E-state index is 0.0331. The van der Waals surface area contributed by atoms with Gasteiger partial charge in [-0.05, 0) is 55.8 Å². The van der Waals surface area contributed by atoms with Crippen molar-refractivity contribution in [1.29, 1.82) is 0 Å². The Bertz CT molecular complexity index is 848. The van der Waals surface area contributed by atoms with E-state index in [1.807, 2.05) is 14.1 Å². The lowest BCUT2D eigenvalue weighted by Gasteiger charge is -2.28. The van der Waals surface area contributed by atoms with E-state index in [-0.39, 0.29) is 6.04 Å². The summed E-state index contributed by atoms with van der Waals surface area (Å²) in [7, 11) is 4.01. The molecular weight excluding hydrogens is 388 g/mol. The minimum Gasteiger partial charge on any atom is -0.378 e. The van der Waals surface area contributed by atoms with Crippen LogP contribution in [0.4, 0.5) is 11.4 Å². The van der Waals surface area contributed by atoms with Gasteiger partial charge in [0.25, 0.3) is 0 Å². The Hall–Kier alpha value is -2.57. The predicted molar refractivity (Wildman–Crippen MR) is 117 cm³/mol. The van der Waals surface area contributed by atoms with E-state index in [2.05, 4.69) is 44.7 Å². The molecule has 7 heteroatoms. The van der Waals surface area contributed by atoms with Crippen LogP contribution in [0.25, 0.3) is 0 Å². The van der Waals surface area contributed by atoms with Gasteiger partial charge in [0.1, 0.15) is 0 Å². The van der Waals surface area contributed by atoms with Gasteiger partial charge in [0.15, 0.2) is 0 Å². The van der Waals surface area contributed by atoms with Crippen molar-refractivity contribution in [2.45, 2.75) is 18.9 Å². The first kappa shape index (κ1) is 21.1. The first-order valence-corrected chi connectivity index (χ1v) is 10.2. The summed E-state index contributed by atoms with van der Waals surface area (Å²) in [6.07, 6.45) is 2.29. The molecule has 0 aromatic heterocycles. The van der Waals surface area contributed by atoms with Crippen molar-refractivity contribution in [3.63, 3.8) is 0 Å². The smallest absolute Gasteiger partial charge is 0.313 e. The SMILES string of the molecule is CN(C)c1ccc([C@H](CNC(=O)C(=O)Nc2ccccc2Cl)N2CCCC2)cc1. The van der Waals surface area contributed by atoms with Gasteiger partial charge in [0.2, 0.25) is 0 Å². The number of halogens is 1. The van der Waals surface area contributed by atoms with E-state index < -0.39 is 11.8 Å². The molecule has 3 rings (SSSR count). The number of rotatable bonds is 6. The lowest BCUT2D eigenvalue weighted by Crippen LogP contribution is -2.41. The van der Waals surface area contributed by atoms with E-state index in [9.17, 15) is 9.59 Å². The van der Waals surface area contributed by atoms with Crippen LogP contribution >= 0.6 is 11.6 Å². The maximum absolute atomic E-state index is 12.4. The Morgan fingerprint density at radius 3 is 2.31 bits per heavy atom. The first-order chi connectivity index (χ1) is 14.0. The van der Waals surface area contributed by atoms with Crippen molar-refractivity contribution in [2.75, 3.05) is 43.9 Å². The van der Waals surface area contributed by atoms with Crippen LogP contribution in [-0.4, -0.2) is 50.4 Å². The summed E-state index contributed by atoms with van der Waals surface area (Å²) in [4.78, 5) is 29.0. The summed E-state index contributed by atoms with van der Waals surface area (Å²) in [5, 5.41) is 5.74. The number of hydrogen-bond acceptors (Lipinski definition) is 4. The van der Waals surface area contributed by atoms with Crippen molar-refractivity contribution >= 4 is 34.8 Å². The van der Waals surface area contributed by atoms with Crippen LogP contribution in [0.2, 0.25) is 5.02 Å². The molecule has 1 heterocycles. The average molecular weight is 415 g/mol. The number of amides is 2. The Morgan fingerprint density at radius 1 is 1.03 bits per heavy atom. The molecule has 0 saturated carbocycles. The van der Waals surface area contributed by atoms with Crippen LogP contribution < -0.4 is 15.5 Å². The largest absolute Gasteiger partial charge is 0.378 e. The lowest BCUT2D eigenvalue weighted by molar-refractivity contribution is -0.136. The third-order valence-corrected chi connectivity index (χ3v) is 5.49. The zero-order valence-electron chi connectivity index (χ0n) is 16.8. The minimum atomic E-state index is -0.721. The second-order valence-electron chi connectivity index (χ2n) is 7.39. The van der Waals surface area contributed by atoms with Crippen LogP contribution in [-0.2, 0) is 9.59 Å². The van der Waals surface area contributed by atoms with E-state index >= 15 is 0 Å². The summed E-state index contributed by atoms with van der Waals surface area (Å²) in [5.74, 6) is -1.39. The number of hydrogen-bond donors (Lipinski definition) is 2. The number of likely N-dealkylation sites (tertiary alicyclic amines) is 1. The van der Waals surface area contributed by atoms with E-state index in [0.717, 1.165) is 37.2 Å². The van der Waals surface area contributed by atoms with Crippen molar-refractivity contribution in [3.8, 4) is 0 Å². The number of carbonyl (C=O) groups excluding carboxylic acids is 2. The fraction of sp³-hybridized carbons (Fsp3) is 0.364. The zero-order chi connectivity index (χ0) is 20.8. The standard InChI is InChI=1S/C22H27ClN4O2/c1-26(2)17-11-9-16(10-12-17)20(27-13-5-6-14-27)15-24-21(28)22(29)25-19-8-4-3-7-18(19)23/h3-4,7-12,20H,5-6,13-15H2,1-2H3,(H,24,28)(H,25,29)/t20-/m0/s1. The molecule has 2 aromatic carbocycles. The van der Waals surface area contributed by atoms with Gasteiger partial charge >= 0.3 is 11.8 Å². The van der Waals surface area contributed by atoms with Gasteiger partial charge < -0.3 is 15.5 Å². The van der Waals surface area contributed by atoms with Gasteiger partial charge in [-0.25, -0.2) is 0 Å². The second-order valence-corrected chi connectivity index (χ2v) is 7.80. The molecule has 0 spiro atoms. The number of carbonyl (C=O) groups is 2. The van der Waals surface area contributed by atoms with Crippen LogP contribution in [0.3, 0.4) is 0 Å². The Labute approximate surface area is 176 Å². The third kappa shape index (κ3) is 5.49. The van der Waals surface area contributed by atoms with Gasteiger partial charge in [-0.2, -0.15) is 0 Å². The highest BCUT2D eigenvalue weighted by atomic mass is 35.5. The number of para-hydroxylation sites is 1. The summed E-state index contributed by atoms with van der Waals surface area (Å²) < 4.78 is 0. The first-order valence-electron chi connectivity index (χ1n) is 9.81. The molecule has 1 aliphatic rings. The van der Waals surface area contributed by atoms with Gasteiger partial charge in [-0.3, -0.25) is 14.5 Å². The van der Waals surface area contributed by atoms with Crippen molar-refractivity contribution in [3.05, 3.63) is 59.1 Å². The molecule has 2 amide bonds. The second kappa shape index (κ2) is 9.76. The van der Waals surface area contributed by atoms with Crippen LogP contribution in [0.1, 0.15) is 24.4 Å². The molecule has 0 radical (unpaired) electrons. The molecule has 0 bridgehead atoms. The highest BCUT2D eigenvalue weighted by molar-refractivity contribution is 6.41. The van der Waals surface area contributed by atoms with Gasteiger partial charge in [-0.1, -0.05) is 35.9 Å². The van der Waals surface area contributed by atoms with Gasteiger partial charge in [-0.15, -0.1) is 0 Å². The number of nitrogens with one attached hydrogen (secondary N) is 2. The van der Waals surface area contributed by atoms with Crippen molar-refractivity contribution < 1.29 is 9.59 Å². The summed E-state index contributed by atoms with van der Waals surface area (Å²) >= 11 is 6.05. The van der Waals surface area contributed by atoms with Crippen LogP contribution in [0, 0.1) is 0 Å². The van der Waals surface area contributed by atoms with Gasteiger partial charge in [0, 0.05) is 26.3 Å². The summed E-state index contributed by atoms with van der Waals surface area (Å²) in [6, 6.07) is 15.2. The molecule has 29 heavy (non-hydrogen) atoms. The molecule has 154 valence electrons. The molecule has 1 aliphatic heterocycles. The fourth-order valence-corrected chi connectivity index (χ4v) is 3.70. The topological polar surface area (TPSA) is 64.7 Å². The van der Waals surface area contributed by atoms with Crippen LogP contribution in [0.15, 0.2) is 48.5 Å². The monoisotopic (exact) mass is 414 g/mol. The molecule has 0 aliphatic carbocycles. The highest BCUT2D eigenvalue weighted by Gasteiger charge is 2.25. The quantitative estimate of drug-likeness (QED) is 0.712. The number of anilines is 2. The normalized spacial score (nSPS) is 15.0. The van der Waals surface area contributed by atoms with E-state index in [0.29, 0.717) is 17.3 Å². The predicted octanol–water partition coefficient (Wildman–Crippen LogP) is 3.30. The van der Waals surface area contributed by atoms with E-state index in [1.54, 1.807) is 24.3 Å². The van der Waals surface area contributed by atoms with Crippen LogP contribution in [0.5, 0.6) is 0 Å². The molecule has 2 N–H and O–H groups in total. The van der Waals surface area contributed by atoms with Gasteiger partial charge in [0.05, 0.1) is 16.8 Å². The van der Waals surface area contributed by atoms with Crippen molar-refractivity contribution in [2.24, 2.45) is 0 Å². The molecule has 1 saturated heterocycles. The molecular formula is C22H27ClN4O2. The Balaban J connectivity index is 1.65. The highest BCUT2D eigenvalue weighted by Crippen LogP contribution is 2.26. The summed E-state index contributed by atoms with van der Waals surface area (Å²) in [6.45, 7) is 2.35. The molecule has 2 aromatic rings. The number of nitrogens with zero attached hydrogens (tertiary/aromatic N) is 2. The van der Waals surface area contributed by atoms with E-state index in [1.165, 1.54) is 0 Å². The maximum atomic E-state index is 12.4. The molecule has 1 atom stereocenters.